The zero-order valence-electron chi connectivity index (χ0n) is 13.2. The molecule has 1 aromatic carbocycles. The molecule has 1 amide bonds. The van der Waals surface area contributed by atoms with Gasteiger partial charge in [0, 0.05) is 18.7 Å². The van der Waals surface area contributed by atoms with Gasteiger partial charge >= 0.3 is 0 Å². The highest BCUT2D eigenvalue weighted by molar-refractivity contribution is 7.13. The molecule has 1 atom stereocenters. The zero-order chi connectivity index (χ0) is 16.4. The summed E-state index contributed by atoms with van der Waals surface area (Å²) in [5.74, 6) is 0.632. The van der Waals surface area contributed by atoms with Gasteiger partial charge in [0.15, 0.2) is 11.5 Å². The fourth-order valence-electron chi connectivity index (χ4n) is 3.26. The van der Waals surface area contributed by atoms with Crippen molar-refractivity contribution in [3.05, 3.63) is 65.2 Å². The monoisotopic (exact) mass is 338 g/mol. The molecule has 1 aliphatic rings. The lowest BCUT2D eigenvalue weighted by atomic mass is 10.0. The molecule has 1 fully saturated rings. The van der Waals surface area contributed by atoms with Crippen LogP contribution in [0.25, 0.3) is 10.6 Å². The second-order valence-electron chi connectivity index (χ2n) is 6.04. The quantitative estimate of drug-likeness (QED) is 0.714. The van der Waals surface area contributed by atoms with E-state index >= 15 is 0 Å². The van der Waals surface area contributed by atoms with Crippen molar-refractivity contribution in [1.82, 2.24) is 10.1 Å². The van der Waals surface area contributed by atoms with Crippen molar-refractivity contribution < 1.29 is 9.32 Å². The van der Waals surface area contributed by atoms with Crippen molar-refractivity contribution in [2.45, 2.75) is 25.3 Å². The minimum Gasteiger partial charge on any atom is -0.355 e. The van der Waals surface area contributed by atoms with Gasteiger partial charge in [-0.1, -0.05) is 41.6 Å². The van der Waals surface area contributed by atoms with Crippen molar-refractivity contribution in [3.8, 4) is 10.6 Å². The van der Waals surface area contributed by atoms with Gasteiger partial charge in [-0.25, -0.2) is 0 Å². The Balaban J connectivity index is 1.51. The van der Waals surface area contributed by atoms with Crippen molar-refractivity contribution in [1.29, 1.82) is 0 Å². The van der Waals surface area contributed by atoms with E-state index in [2.05, 4.69) is 17.3 Å². The van der Waals surface area contributed by atoms with Gasteiger partial charge in [-0.2, -0.15) is 0 Å². The fraction of sp³-hybridized carbons (Fsp3) is 0.263. The number of thiophene rings is 1. The van der Waals surface area contributed by atoms with Crippen LogP contribution in [0.5, 0.6) is 0 Å². The molecule has 5 heteroatoms. The standard InChI is InChI=1S/C19H18N2O2S/c22-19(16-13-17(23-20-16)18-9-5-11-24-18)21-10-4-8-15(21)12-14-6-2-1-3-7-14/h1-3,5-7,9,11,13,15H,4,8,10,12H2. The van der Waals surface area contributed by atoms with Crippen molar-refractivity contribution in [3.63, 3.8) is 0 Å². The summed E-state index contributed by atoms with van der Waals surface area (Å²) in [5, 5.41) is 5.98. The highest BCUT2D eigenvalue weighted by atomic mass is 32.1. The predicted octanol–water partition coefficient (Wildman–Crippen LogP) is 4.25. The van der Waals surface area contributed by atoms with E-state index in [1.807, 2.05) is 40.6 Å². The molecule has 0 saturated carbocycles. The summed E-state index contributed by atoms with van der Waals surface area (Å²) >= 11 is 1.58. The Bertz CT molecular complexity index is 811. The van der Waals surface area contributed by atoms with Crippen LogP contribution in [0.3, 0.4) is 0 Å². The number of benzene rings is 1. The first kappa shape index (κ1) is 15.1. The van der Waals surface area contributed by atoms with Gasteiger partial charge in [0.05, 0.1) is 4.88 Å². The van der Waals surface area contributed by atoms with Crippen LogP contribution in [0.15, 0.2) is 58.4 Å². The average molecular weight is 338 g/mol. The molecule has 0 bridgehead atoms. The van der Waals surface area contributed by atoms with Crippen LogP contribution >= 0.6 is 11.3 Å². The molecule has 4 rings (SSSR count). The smallest absolute Gasteiger partial charge is 0.276 e. The lowest BCUT2D eigenvalue weighted by molar-refractivity contribution is 0.0726. The van der Waals surface area contributed by atoms with E-state index in [0.29, 0.717) is 11.5 Å². The Morgan fingerprint density at radius 2 is 2.12 bits per heavy atom. The van der Waals surface area contributed by atoms with Crippen LogP contribution in [-0.2, 0) is 6.42 Å². The van der Waals surface area contributed by atoms with Crippen LogP contribution in [0.4, 0.5) is 0 Å². The number of nitrogens with zero attached hydrogens (tertiary/aromatic N) is 2. The molecule has 3 heterocycles. The summed E-state index contributed by atoms with van der Waals surface area (Å²) in [6.45, 7) is 0.789. The van der Waals surface area contributed by atoms with Gasteiger partial charge in [-0.3, -0.25) is 4.79 Å². The number of hydrogen-bond donors (Lipinski definition) is 0. The molecule has 0 spiro atoms. The van der Waals surface area contributed by atoms with Gasteiger partial charge < -0.3 is 9.42 Å². The Hall–Kier alpha value is -2.40. The van der Waals surface area contributed by atoms with E-state index in [9.17, 15) is 4.79 Å². The van der Waals surface area contributed by atoms with Crippen molar-refractivity contribution in [2.75, 3.05) is 6.54 Å². The number of hydrogen-bond acceptors (Lipinski definition) is 4. The minimum atomic E-state index is -0.0278. The molecule has 1 unspecified atom stereocenters. The van der Waals surface area contributed by atoms with E-state index in [1.54, 1.807) is 17.4 Å². The molecule has 4 nitrogen and oxygen atoms in total. The number of rotatable bonds is 4. The molecular weight excluding hydrogens is 320 g/mol. The second kappa shape index (κ2) is 6.61. The third kappa shape index (κ3) is 2.99. The molecule has 3 aromatic rings. The maximum absolute atomic E-state index is 12.8. The second-order valence-corrected chi connectivity index (χ2v) is 6.99. The number of carbonyl (C=O) groups is 1. The lowest BCUT2D eigenvalue weighted by Crippen LogP contribution is -2.37. The lowest BCUT2D eigenvalue weighted by Gasteiger charge is -2.23. The van der Waals surface area contributed by atoms with Crippen LogP contribution in [0.1, 0.15) is 28.9 Å². The molecule has 24 heavy (non-hydrogen) atoms. The molecule has 0 aliphatic carbocycles. The molecule has 1 saturated heterocycles. The molecule has 0 radical (unpaired) electrons. The third-order valence-corrected chi connectivity index (χ3v) is 5.33. The Kier molecular flexibility index (Phi) is 4.17. The first-order chi connectivity index (χ1) is 11.8. The normalized spacial score (nSPS) is 17.3. The average Bonchev–Trinajstić information content (AvgIpc) is 3.36. The topological polar surface area (TPSA) is 46.3 Å². The van der Waals surface area contributed by atoms with Gasteiger partial charge in [-0.05, 0) is 36.3 Å². The summed E-state index contributed by atoms with van der Waals surface area (Å²) < 4.78 is 5.36. The number of amides is 1. The maximum atomic E-state index is 12.8. The summed E-state index contributed by atoms with van der Waals surface area (Å²) in [6, 6.07) is 16.3. The maximum Gasteiger partial charge on any atom is 0.276 e. The van der Waals surface area contributed by atoms with Gasteiger partial charge in [0.2, 0.25) is 0 Å². The zero-order valence-corrected chi connectivity index (χ0v) is 14.0. The molecule has 2 aromatic heterocycles. The number of carbonyl (C=O) groups excluding carboxylic acids is 1. The van der Waals surface area contributed by atoms with E-state index < -0.39 is 0 Å². The molecule has 122 valence electrons. The minimum absolute atomic E-state index is 0.0278. The Labute approximate surface area is 144 Å². The van der Waals surface area contributed by atoms with Gasteiger partial charge in [0.1, 0.15) is 0 Å². The van der Waals surface area contributed by atoms with E-state index in [0.717, 1.165) is 30.7 Å². The van der Waals surface area contributed by atoms with Crippen LogP contribution in [0.2, 0.25) is 0 Å². The van der Waals surface area contributed by atoms with Crippen molar-refractivity contribution in [2.24, 2.45) is 0 Å². The predicted molar refractivity (Wildman–Crippen MR) is 94.0 cm³/mol. The number of likely N-dealkylation sites (tertiary alicyclic amines) is 1. The van der Waals surface area contributed by atoms with Crippen LogP contribution in [-0.4, -0.2) is 28.6 Å². The largest absolute Gasteiger partial charge is 0.355 e. The summed E-state index contributed by atoms with van der Waals surface area (Å²) in [7, 11) is 0. The highest BCUT2D eigenvalue weighted by Gasteiger charge is 2.31. The van der Waals surface area contributed by atoms with Crippen molar-refractivity contribution >= 4 is 17.2 Å². The summed E-state index contributed by atoms with van der Waals surface area (Å²) in [4.78, 5) is 15.8. The van der Waals surface area contributed by atoms with Gasteiger partial charge in [0.25, 0.3) is 5.91 Å². The van der Waals surface area contributed by atoms with E-state index in [1.165, 1.54) is 5.56 Å². The first-order valence-electron chi connectivity index (χ1n) is 8.17. The van der Waals surface area contributed by atoms with Gasteiger partial charge in [-0.15, -0.1) is 11.3 Å². The molecule has 0 N–H and O–H groups in total. The number of aromatic nitrogens is 1. The third-order valence-electron chi connectivity index (χ3n) is 4.45. The molecular formula is C19H18N2O2S. The Morgan fingerprint density at radius 3 is 2.92 bits per heavy atom. The highest BCUT2D eigenvalue weighted by Crippen LogP contribution is 2.27. The fourth-order valence-corrected chi connectivity index (χ4v) is 3.93. The van der Waals surface area contributed by atoms with Crippen LogP contribution < -0.4 is 0 Å². The van der Waals surface area contributed by atoms with E-state index in [-0.39, 0.29) is 11.9 Å². The summed E-state index contributed by atoms with van der Waals surface area (Å²) in [5.41, 5.74) is 1.67. The molecule has 1 aliphatic heterocycles. The summed E-state index contributed by atoms with van der Waals surface area (Å²) in [6.07, 6.45) is 2.97. The first-order valence-corrected chi connectivity index (χ1v) is 9.05. The van der Waals surface area contributed by atoms with Crippen LogP contribution in [0, 0.1) is 0 Å². The Morgan fingerprint density at radius 1 is 1.25 bits per heavy atom. The van der Waals surface area contributed by atoms with E-state index in [4.69, 9.17) is 4.52 Å². The SMILES string of the molecule is O=C(c1cc(-c2cccs2)on1)N1CCCC1Cc1ccccc1.